The van der Waals surface area contributed by atoms with Crippen LogP contribution in [0.4, 0.5) is 0 Å². The minimum Gasteiger partial charge on any atom is -0.489 e. The fraction of sp³-hybridized carbons (Fsp3) is 0.636. The average Bonchev–Trinajstić information content (AvgIpc) is 2.69. The van der Waals surface area contributed by atoms with E-state index in [0.717, 1.165) is 51.2 Å². The standard InChI is InChI=1S/C22H30ClN3O2/c1-16(27)25-20-5-2-17(3-6-20)8-11-26-12-9-21(10-13-26)28-22-7-4-19(23)14-18(22)15-24/h4,7,14,17,20-21H,2-3,5-6,8-13H2,1H3,(H,25,27). The number of nitrogens with zero attached hydrogens (tertiary/aromatic N) is 2. The Hall–Kier alpha value is -1.77. The highest BCUT2D eigenvalue weighted by Gasteiger charge is 2.24. The summed E-state index contributed by atoms with van der Waals surface area (Å²) >= 11 is 5.95. The number of rotatable bonds is 6. The minimum atomic E-state index is 0.0917. The maximum Gasteiger partial charge on any atom is 0.217 e. The molecule has 5 nitrogen and oxygen atoms in total. The van der Waals surface area contributed by atoms with Gasteiger partial charge in [0.1, 0.15) is 17.9 Å². The molecular formula is C22H30ClN3O2. The lowest BCUT2D eigenvalue weighted by Gasteiger charge is -2.34. The molecule has 1 N–H and O–H groups in total. The number of hydrogen-bond donors (Lipinski definition) is 1. The van der Waals surface area contributed by atoms with E-state index in [0.29, 0.717) is 22.4 Å². The number of carbonyl (C=O) groups excluding carboxylic acids is 1. The Morgan fingerprint density at radius 3 is 2.61 bits per heavy atom. The summed E-state index contributed by atoms with van der Waals surface area (Å²) < 4.78 is 6.08. The number of ether oxygens (including phenoxy) is 1. The summed E-state index contributed by atoms with van der Waals surface area (Å²) in [5, 5.41) is 12.9. The van der Waals surface area contributed by atoms with Crippen molar-refractivity contribution >= 4 is 17.5 Å². The largest absolute Gasteiger partial charge is 0.489 e. The number of nitriles is 1. The molecule has 0 bridgehead atoms. The second-order valence-electron chi connectivity index (χ2n) is 8.12. The normalized spacial score (nSPS) is 23.8. The van der Waals surface area contributed by atoms with E-state index in [1.165, 1.54) is 19.3 Å². The molecular weight excluding hydrogens is 374 g/mol. The lowest BCUT2D eigenvalue weighted by atomic mass is 9.84. The summed E-state index contributed by atoms with van der Waals surface area (Å²) in [7, 11) is 0. The summed E-state index contributed by atoms with van der Waals surface area (Å²) in [6.07, 6.45) is 8.05. The van der Waals surface area contributed by atoms with Crippen molar-refractivity contribution in [2.24, 2.45) is 5.92 Å². The Balaban J connectivity index is 1.36. The maximum absolute atomic E-state index is 11.2. The highest BCUT2D eigenvalue weighted by atomic mass is 35.5. The number of carbonyl (C=O) groups is 1. The number of benzene rings is 1. The van der Waals surface area contributed by atoms with Crippen molar-refractivity contribution in [3.05, 3.63) is 28.8 Å². The Kier molecular flexibility index (Phi) is 7.58. The van der Waals surface area contributed by atoms with E-state index in [2.05, 4.69) is 16.3 Å². The zero-order valence-electron chi connectivity index (χ0n) is 16.6. The van der Waals surface area contributed by atoms with Crippen LogP contribution in [-0.4, -0.2) is 42.6 Å². The number of amides is 1. The Morgan fingerprint density at radius 1 is 1.25 bits per heavy atom. The lowest BCUT2D eigenvalue weighted by molar-refractivity contribution is -0.119. The van der Waals surface area contributed by atoms with Crippen LogP contribution in [0.15, 0.2) is 18.2 Å². The van der Waals surface area contributed by atoms with Crippen LogP contribution in [0.5, 0.6) is 5.75 Å². The maximum atomic E-state index is 11.2. The smallest absolute Gasteiger partial charge is 0.217 e. The topological polar surface area (TPSA) is 65.4 Å². The van der Waals surface area contributed by atoms with E-state index >= 15 is 0 Å². The molecule has 1 aliphatic heterocycles. The van der Waals surface area contributed by atoms with Crippen LogP contribution in [0.1, 0.15) is 57.4 Å². The van der Waals surface area contributed by atoms with Crippen molar-refractivity contribution in [2.75, 3.05) is 19.6 Å². The molecule has 3 rings (SSSR count). The molecule has 1 aromatic carbocycles. The average molecular weight is 404 g/mol. The molecule has 0 radical (unpaired) electrons. The minimum absolute atomic E-state index is 0.0917. The molecule has 28 heavy (non-hydrogen) atoms. The number of hydrogen-bond acceptors (Lipinski definition) is 4. The molecule has 0 atom stereocenters. The zero-order valence-corrected chi connectivity index (χ0v) is 17.4. The first-order valence-electron chi connectivity index (χ1n) is 10.4. The van der Waals surface area contributed by atoms with Gasteiger partial charge in [-0.3, -0.25) is 4.79 Å². The van der Waals surface area contributed by atoms with Crippen LogP contribution in [0.3, 0.4) is 0 Å². The first-order chi connectivity index (χ1) is 13.5. The Labute approximate surface area is 173 Å². The predicted octanol–water partition coefficient (Wildman–Crippen LogP) is 4.14. The van der Waals surface area contributed by atoms with Gasteiger partial charge in [-0.2, -0.15) is 5.26 Å². The van der Waals surface area contributed by atoms with Crippen LogP contribution >= 0.6 is 11.6 Å². The fourth-order valence-corrected chi connectivity index (χ4v) is 4.54. The SMILES string of the molecule is CC(=O)NC1CCC(CCN2CCC(Oc3ccc(Cl)cc3C#N)CC2)CC1. The molecule has 6 heteroatoms. The Bertz CT molecular complexity index is 702. The van der Waals surface area contributed by atoms with Crippen LogP contribution in [-0.2, 0) is 4.79 Å². The van der Waals surface area contributed by atoms with E-state index in [-0.39, 0.29) is 12.0 Å². The van der Waals surface area contributed by atoms with Crippen molar-refractivity contribution < 1.29 is 9.53 Å². The number of likely N-dealkylation sites (tertiary alicyclic amines) is 1. The van der Waals surface area contributed by atoms with Crippen LogP contribution in [0.25, 0.3) is 0 Å². The number of nitrogens with one attached hydrogen (secondary N) is 1. The molecule has 1 aliphatic carbocycles. The van der Waals surface area contributed by atoms with Crippen LogP contribution in [0.2, 0.25) is 5.02 Å². The molecule has 1 amide bonds. The van der Waals surface area contributed by atoms with Gasteiger partial charge in [-0.15, -0.1) is 0 Å². The monoisotopic (exact) mass is 403 g/mol. The molecule has 1 aromatic rings. The quantitative estimate of drug-likeness (QED) is 0.775. The number of piperidine rings is 1. The summed E-state index contributed by atoms with van der Waals surface area (Å²) in [6.45, 7) is 4.84. The summed E-state index contributed by atoms with van der Waals surface area (Å²) in [5.74, 6) is 1.52. The van der Waals surface area contributed by atoms with Crippen molar-refractivity contribution in [3.8, 4) is 11.8 Å². The first kappa shape index (κ1) is 21.0. The molecule has 0 aromatic heterocycles. The van der Waals surface area contributed by atoms with Gasteiger partial charge in [0, 0.05) is 31.1 Å². The molecule has 152 valence electrons. The van der Waals surface area contributed by atoms with E-state index in [9.17, 15) is 10.1 Å². The van der Waals surface area contributed by atoms with E-state index in [1.807, 2.05) is 0 Å². The van der Waals surface area contributed by atoms with Crippen molar-refractivity contribution in [1.82, 2.24) is 10.2 Å². The Morgan fingerprint density at radius 2 is 1.96 bits per heavy atom. The molecule has 2 aliphatic rings. The van der Waals surface area contributed by atoms with Gasteiger partial charge in [0.25, 0.3) is 0 Å². The van der Waals surface area contributed by atoms with Gasteiger partial charge in [0.05, 0.1) is 5.56 Å². The van der Waals surface area contributed by atoms with Gasteiger partial charge >= 0.3 is 0 Å². The van der Waals surface area contributed by atoms with Gasteiger partial charge in [-0.25, -0.2) is 0 Å². The van der Waals surface area contributed by atoms with Gasteiger partial charge < -0.3 is 15.0 Å². The predicted molar refractivity (Wildman–Crippen MR) is 110 cm³/mol. The highest BCUT2D eigenvalue weighted by Crippen LogP contribution is 2.28. The van der Waals surface area contributed by atoms with Gasteiger partial charge in [0.15, 0.2) is 0 Å². The molecule has 0 spiro atoms. The van der Waals surface area contributed by atoms with Gasteiger partial charge in [-0.05, 0) is 75.6 Å². The van der Waals surface area contributed by atoms with Crippen molar-refractivity contribution in [2.45, 2.75) is 64.0 Å². The summed E-state index contributed by atoms with van der Waals surface area (Å²) in [6, 6.07) is 7.77. The second-order valence-corrected chi connectivity index (χ2v) is 8.55. The third-order valence-corrected chi connectivity index (χ3v) is 6.23. The van der Waals surface area contributed by atoms with E-state index in [1.54, 1.807) is 25.1 Å². The molecule has 2 fully saturated rings. The van der Waals surface area contributed by atoms with E-state index in [4.69, 9.17) is 16.3 Å². The van der Waals surface area contributed by atoms with Crippen molar-refractivity contribution in [3.63, 3.8) is 0 Å². The molecule has 1 heterocycles. The highest BCUT2D eigenvalue weighted by molar-refractivity contribution is 6.30. The van der Waals surface area contributed by atoms with Crippen LogP contribution < -0.4 is 10.1 Å². The van der Waals surface area contributed by atoms with Gasteiger partial charge in [-0.1, -0.05) is 11.6 Å². The lowest BCUT2D eigenvalue weighted by Crippen LogP contribution is -2.40. The zero-order chi connectivity index (χ0) is 19.9. The molecule has 0 unspecified atom stereocenters. The number of halogens is 1. The van der Waals surface area contributed by atoms with Crippen molar-refractivity contribution in [1.29, 1.82) is 5.26 Å². The second kappa shape index (κ2) is 10.1. The fourth-order valence-electron chi connectivity index (χ4n) is 4.37. The van der Waals surface area contributed by atoms with E-state index < -0.39 is 0 Å². The van der Waals surface area contributed by atoms with Gasteiger partial charge in [0.2, 0.25) is 5.91 Å². The third-order valence-electron chi connectivity index (χ3n) is 6.00. The van der Waals surface area contributed by atoms with Crippen LogP contribution in [0, 0.1) is 17.2 Å². The molecule has 1 saturated heterocycles. The third kappa shape index (κ3) is 6.12. The first-order valence-corrected chi connectivity index (χ1v) is 10.8. The molecule has 1 saturated carbocycles. The summed E-state index contributed by atoms with van der Waals surface area (Å²) in [4.78, 5) is 13.7. The summed E-state index contributed by atoms with van der Waals surface area (Å²) in [5.41, 5.74) is 0.504.